The van der Waals surface area contributed by atoms with E-state index in [1.807, 2.05) is 6.92 Å². The minimum Gasteiger partial charge on any atom is -0.487 e. The van der Waals surface area contributed by atoms with Gasteiger partial charge in [0.2, 0.25) is 0 Å². The third kappa shape index (κ3) is 5.33. The summed E-state index contributed by atoms with van der Waals surface area (Å²) in [6, 6.07) is 5.25. The van der Waals surface area contributed by atoms with Crippen LogP contribution in [0, 0.1) is 0 Å². The molecule has 25 heavy (non-hydrogen) atoms. The van der Waals surface area contributed by atoms with Gasteiger partial charge in [-0.15, -0.1) is 0 Å². The number of carbonyl (C=O) groups is 1. The summed E-state index contributed by atoms with van der Waals surface area (Å²) >= 11 is 6.29. The minimum atomic E-state index is -0.745. The van der Waals surface area contributed by atoms with E-state index in [1.54, 1.807) is 32.4 Å². The van der Waals surface area contributed by atoms with Gasteiger partial charge in [-0.2, -0.15) is 0 Å². The Balaban J connectivity index is 2.06. The summed E-state index contributed by atoms with van der Waals surface area (Å²) in [6.45, 7) is 2.38. The predicted octanol–water partition coefficient (Wildman–Crippen LogP) is 4.43. The number of carbonyl (C=O) groups excluding carboxylic acids is 1. The summed E-state index contributed by atoms with van der Waals surface area (Å²) in [5, 5.41) is 3.40. The molecule has 5 nitrogen and oxygen atoms in total. The molecule has 1 aromatic rings. The van der Waals surface area contributed by atoms with E-state index in [0.29, 0.717) is 23.1 Å². The van der Waals surface area contributed by atoms with E-state index in [4.69, 9.17) is 25.8 Å². The standard InChI is InChI=1S/C19H28ClNO4/c1-14(13-23-2)25-17-9-8-15(12-16(17)20)21-18(22)19(24-3)10-6-4-5-7-11-19/h8-9,12,14H,4-7,10-11,13H2,1-3H3,(H,21,22). The first-order chi connectivity index (χ1) is 12.0. The van der Waals surface area contributed by atoms with Crippen molar-refractivity contribution < 1.29 is 19.0 Å². The molecule has 0 radical (unpaired) electrons. The van der Waals surface area contributed by atoms with Gasteiger partial charge in [-0.05, 0) is 38.0 Å². The van der Waals surface area contributed by atoms with Gasteiger partial charge in [0, 0.05) is 19.9 Å². The van der Waals surface area contributed by atoms with Crippen LogP contribution in [-0.2, 0) is 14.3 Å². The molecule has 1 aliphatic carbocycles. The second-order valence-corrected chi connectivity index (χ2v) is 7.00. The van der Waals surface area contributed by atoms with Gasteiger partial charge >= 0.3 is 0 Å². The van der Waals surface area contributed by atoms with Crippen LogP contribution in [0.25, 0.3) is 0 Å². The molecule has 2 rings (SSSR count). The molecule has 0 aliphatic heterocycles. The number of nitrogens with one attached hydrogen (secondary N) is 1. The quantitative estimate of drug-likeness (QED) is 0.722. The highest BCUT2D eigenvalue weighted by Gasteiger charge is 2.38. The third-order valence-corrected chi connectivity index (χ3v) is 4.93. The van der Waals surface area contributed by atoms with E-state index in [0.717, 1.165) is 38.5 Å². The highest BCUT2D eigenvalue weighted by Crippen LogP contribution is 2.33. The predicted molar refractivity (Wildman–Crippen MR) is 99.5 cm³/mol. The summed E-state index contributed by atoms with van der Waals surface area (Å²) in [6.07, 6.45) is 5.70. The Morgan fingerprint density at radius 1 is 1.24 bits per heavy atom. The zero-order valence-electron chi connectivity index (χ0n) is 15.3. The molecular formula is C19H28ClNO4. The zero-order chi connectivity index (χ0) is 18.3. The van der Waals surface area contributed by atoms with Crippen molar-refractivity contribution >= 4 is 23.2 Å². The number of ether oxygens (including phenoxy) is 3. The van der Waals surface area contributed by atoms with Gasteiger partial charge in [0.05, 0.1) is 11.6 Å². The average Bonchev–Trinajstić information content (AvgIpc) is 2.84. The summed E-state index contributed by atoms with van der Waals surface area (Å²) in [5.41, 5.74) is -0.104. The lowest BCUT2D eigenvalue weighted by Crippen LogP contribution is -2.44. The highest BCUT2D eigenvalue weighted by molar-refractivity contribution is 6.32. The molecule has 1 aliphatic rings. The maximum Gasteiger partial charge on any atom is 0.256 e. The van der Waals surface area contributed by atoms with Gasteiger partial charge in [0.25, 0.3) is 5.91 Å². The molecule has 1 aromatic carbocycles. The number of benzene rings is 1. The van der Waals surface area contributed by atoms with Crippen LogP contribution in [-0.4, -0.2) is 38.4 Å². The molecule has 140 valence electrons. The van der Waals surface area contributed by atoms with Gasteiger partial charge in [0.15, 0.2) is 0 Å². The molecule has 0 saturated heterocycles. The molecule has 1 N–H and O–H groups in total. The largest absolute Gasteiger partial charge is 0.487 e. The second kappa shape index (κ2) is 9.41. The van der Waals surface area contributed by atoms with Crippen LogP contribution in [0.4, 0.5) is 5.69 Å². The SMILES string of the molecule is COCC(C)Oc1ccc(NC(=O)C2(OC)CCCCCC2)cc1Cl. The van der Waals surface area contributed by atoms with Gasteiger partial charge in [-0.1, -0.05) is 37.3 Å². The Labute approximate surface area is 155 Å². The number of halogens is 1. The van der Waals surface area contributed by atoms with Crippen LogP contribution >= 0.6 is 11.6 Å². The first-order valence-electron chi connectivity index (χ1n) is 8.82. The van der Waals surface area contributed by atoms with E-state index in [2.05, 4.69) is 5.32 Å². The highest BCUT2D eigenvalue weighted by atomic mass is 35.5. The van der Waals surface area contributed by atoms with Crippen molar-refractivity contribution in [2.75, 3.05) is 26.1 Å². The topological polar surface area (TPSA) is 56.8 Å². The van der Waals surface area contributed by atoms with E-state index in [9.17, 15) is 4.79 Å². The minimum absolute atomic E-state index is 0.102. The number of methoxy groups -OCH3 is 2. The fraction of sp³-hybridized carbons (Fsp3) is 0.632. The molecule has 0 heterocycles. The van der Waals surface area contributed by atoms with Crippen molar-refractivity contribution in [3.05, 3.63) is 23.2 Å². The monoisotopic (exact) mass is 369 g/mol. The number of anilines is 1. The van der Waals surface area contributed by atoms with Crippen LogP contribution in [0.5, 0.6) is 5.75 Å². The third-order valence-electron chi connectivity index (χ3n) is 4.64. The van der Waals surface area contributed by atoms with E-state index >= 15 is 0 Å². The first kappa shape index (κ1) is 20.0. The normalized spacial score (nSPS) is 18.2. The molecule has 0 bridgehead atoms. The summed E-state index contributed by atoms with van der Waals surface area (Å²) in [7, 11) is 3.24. The van der Waals surface area contributed by atoms with E-state index < -0.39 is 5.60 Å². The zero-order valence-corrected chi connectivity index (χ0v) is 16.0. The van der Waals surface area contributed by atoms with Crippen molar-refractivity contribution in [1.29, 1.82) is 0 Å². The van der Waals surface area contributed by atoms with Crippen molar-refractivity contribution in [2.24, 2.45) is 0 Å². The van der Waals surface area contributed by atoms with E-state index in [1.165, 1.54) is 0 Å². The number of hydrogen-bond acceptors (Lipinski definition) is 4. The number of rotatable bonds is 7. The molecule has 1 atom stereocenters. The lowest BCUT2D eigenvalue weighted by atomic mass is 9.93. The molecule has 0 aromatic heterocycles. The number of hydrogen-bond donors (Lipinski definition) is 1. The van der Waals surface area contributed by atoms with Gasteiger partial charge in [0.1, 0.15) is 17.5 Å². The second-order valence-electron chi connectivity index (χ2n) is 6.60. The Morgan fingerprint density at radius 3 is 2.48 bits per heavy atom. The maximum atomic E-state index is 12.8. The smallest absolute Gasteiger partial charge is 0.256 e. The van der Waals surface area contributed by atoms with Gasteiger partial charge in [-0.3, -0.25) is 4.79 Å². The molecule has 1 saturated carbocycles. The number of amides is 1. The molecule has 1 fully saturated rings. The maximum absolute atomic E-state index is 12.8. The van der Waals surface area contributed by atoms with Crippen LogP contribution in [0.15, 0.2) is 18.2 Å². The van der Waals surface area contributed by atoms with Gasteiger partial charge < -0.3 is 19.5 Å². The Kier molecular flexibility index (Phi) is 7.54. The lowest BCUT2D eigenvalue weighted by molar-refractivity contribution is -0.139. The van der Waals surface area contributed by atoms with E-state index in [-0.39, 0.29) is 12.0 Å². The average molecular weight is 370 g/mol. The fourth-order valence-corrected chi connectivity index (χ4v) is 3.45. The van der Waals surface area contributed by atoms with Crippen molar-refractivity contribution in [2.45, 2.75) is 57.2 Å². The Bertz CT molecular complexity index is 571. The molecule has 1 unspecified atom stereocenters. The summed E-state index contributed by atoms with van der Waals surface area (Å²) in [5.74, 6) is 0.467. The molecular weight excluding hydrogens is 342 g/mol. The first-order valence-corrected chi connectivity index (χ1v) is 9.20. The van der Waals surface area contributed by atoms with Crippen LogP contribution in [0.3, 0.4) is 0 Å². The van der Waals surface area contributed by atoms with Crippen LogP contribution in [0.2, 0.25) is 5.02 Å². The Morgan fingerprint density at radius 2 is 1.92 bits per heavy atom. The summed E-state index contributed by atoms with van der Waals surface area (Å²) < 4.78 is 16.4. The van der Waals surface area contributed by atoms with Crippen LogP contribution < -0.4 is 10.1 Å². The van der Waals surface area contributed by atoms with Crippen molar-refractivity contribution in [3.8, 4) is 5.75 Å². The molecule has 1 amide bonds. The summed E-state index contributed by atoms with van der Waals surface area (Å²) in [4.78, 5) is 12.8. The fourth-order valence-electron chi connectivity index (χ4n) is 3.23. The lowest BCUT2D eigenvalue weighted by Gasteiger charge is -2.30. The van der Waals surface area contributed by atoms with Crippen molar-refractivity contribution in [1.82, 2.24) is 0 Å². The van der Waals surface area contributed by atoms with Gasteiger partial charge in [-0.25, -0.2) is 0 Å². The van der Waals surface area contributed by atoms with Crippen LogP contribution in [0.1, 0.15) is 45.4 Å². The van der Waals surface area contributed by atoms with Crippen molar-refractivity contribution in [3.63, 3.8) is 0 Å². The Hall–Kier alpha value is -1.30. The molecule has 6 heteroatoms. The molecule has 0 spiro atoms.